The summed E-state index contributed by atoms with van der Waals surface area (Å²) >= 11 is 0. The molecule has 0 aliphatic rings. The Hall–Kier alpha value is -0.870. The van der Waals surface area contributed by atoms with E-state index < -0.39 is 9.84 Å². The fourth-order valence-electron chi connectivity index (χ4n) is 2.69. The summed E-state index contributed by atoms with van der Waals surface area (Å²) in [6.45, 7) is 7.37. The van der Waals surface area contributed by atoms with E-state index in [1.54, 1.807) is 0 Å². The molecule has 0 radical (unpaired) electrons. The molecule has 0 aromatic heterocycles. The third-order valence-electron chi connectivity index (χ3n) is 3.51. The van der Waals surface area contributed by atoms with Crippen molar-refractivity contribution in [2.45, 2.75) is 52.5 Å². The third kappa shape index (κ3) is 8.22. The first-order valence-corrected chi connectivity index (χ1v) is 9.84. The van der Waals surface area contributed by atoms with Crippen molar-refractivity contribution in [3.8, 4) is 0 Å². The molecule has 0 saturated carbocycles. The van der Waals surface area contributed by atoms with Crippen LogP contribution >= 0.6 is 0 Å². The van der Waals surface area contributed by atoms with Crippen LogP contribution in [0.3, 0.4) is 0 Å². The first kappa shape index (κ1) is 18.2. The lowest BCUT2D eigenvalue weighted by Gasteiger charge is -2.19. The van der Waals surface area contributed by atoms with Gasteiger partial charge in [0.25, 0.3) is 0 Å². The van der Waals surface area contributed by atoms with Crippen molar-refractivity contribution in [3.05, 3.63) is 34.9 Å². The second-order valence-electron chi connectivity index (χ2n) is 6.12. The SMILES string of the molecule is CCCNC(CCCS(C)(=O)=O)Cc1cc(C)cc(C)c1. The lowest BCUT2D eigenvalue weighted by Crippen LogP contribution is -2.32. The Bertz CT molecular complexity index is 517. The molecule has 1 aromatic rings. The van der Waals surface area contributed by atoms with Gasteiger partial charge in [-0.05, 0) is 51.6 Å². The van der Waals surface area contributed by atoms with Gasteiger partial charge in [0.1, 0.15) is 9.84 Å². The van der Waals surface area contributed by atoms with Gasteiger partial charge < -0.3 is 5.32 Å². The molecule has 0 fully saturated rings. The van der Waals surface area contributed by atoms with Crippen molar-refractivity contribution in [1.82, 2.24) is 5.32 Å². The predicted octanol–water partition coefficient (Wildman–Crippen LogP) is 3.04. The van der Waals surface area contributed by atoms with Crippen LogP contribution in [0.1, 0.15) is 42.9 Å². The lowest BCUT2D eigenvalue weighted by molar-refractivity contribution is 0.472. The van der Waals surface area contributed by atoms with E-state index in [4.69, 9.17) is 0 Å². The average Bonchev–Trinajstić information content (AvgIpc) is 2.32. The Morgan fingerprint density at radius 2 is 1.76 bits per heavy atom. The second kappa shape index (κ2) is 8.54. The van der Waals surface area contributed by atoms with Gasteiger partial charge in [0.15, 0.2) is 0 Å². The zero-order valence-corrected chi connectivity index (χ0v) is 14.6. The molecule has 0 bridgehead atoms. The van der Waals surface area contributed by atoms with Gasteiger partial charge in [0.2, 0.25) is 0 Å². The van der Waals surface area contributed by atoms with E-state index in [1.807, 2.05) is 0 Å². The second-order valence-corrected chi connectivity index (χ2v) is 8.38. The highest BCUT2D eigenvalue weighted by Crippen LogP contribution is 2.13. The van der Waals surface area contributed by atoms with Crippen molar-refractivity contribution in [2.24, 2.45) is 0 Å². The van der Waals surface area contributed by atoms with E-state index in [2.05, 4.69) is 44.3 Å². The van der Waals surface area contributed by atoms with Gasteiger partial charge in [-0.2, -0.15) is 0 Å². The molecule has 0 spiro atoms. The van der Waals surface area contributed by atoms with E-state index >= 15 is 0 Å². The fourth-order valence-corrected chi connectivity index (χ4v) is 3.38. The van der Waals surface area contributed by atoms with Crippen molar-refractivity contribution < 1.29 is 8.42 Å². The Labute approximate surface area is 130 Å². The van der Waals surface area contributed by atoms with Crippen LogP contribution in [0.25, 0.3) is 0 Å². The average molecular weight is 311 g/mol. The molecule has 4 heteroatoms. The van der Waals surface area contributed by atoms with Gasteiger partial charge in [-0.15, -0.1) is 0 Å². The molecule has 1 rings (SSSR count). The Balaban J connectivity index is 2.63. The molecule has 1 atom stereocenters. The first-order valence-electron chi connectivity index (χ1n) is 7.78. The molecular formula is C17H29NO2S. The summed E-state index contributed by atoms with van der Waals surface area (Å²) in [5, 5.41) is 3.55. The van der Waals surface area contributed by atoms with Crippen LogP contribution in [0.4, 0.5) is 0 Å². The maximum absolute atomic E-state index is 11.3. The largest absolute Gasteiger partial charge is 0.314 e. The Morgan fingerprint density at radius 3 is 2.29 bits per heavy atom. The van der Waals surface area contributed by atoms with Gasteiger partial charge in [-0.25, -0.2) is 8.42 Å². The number of sulfone groups is 1. The summed E-state index contributed by atoms with van der Waals surface area (Å²) in [6, 6.07) is 6.99. The minimum absolute atomic E-state index is 0.282. The van der Waals surface area contributed by atoms with Gasteiger partial charge >= 0.3 is 0 Å². The summed E-state index contributed by atoms with van der Waals surface area (Å²) < 4.78 is 22.5. The van der Waals surface area contributed by atoms with Gasteiger partial charge in [0, 0.05) is 18.1 Å². The van der Waals surface area contributed by atoms with E-state index in [0.29, 0.717) is 6.04 Å². The Kier molecular flexibility index (Phi) is 7.40. The molecule has 1 aromatic carbocycles. The summed E-state index contributed by atoms with van der Waals surface area (Å²) in [7, 11) is -2.85. The first-order chi connectivity index (χ1) is 9.80. The smallest absolute Gasteiger partial charge is 0.147 e. The van der Waals surface area contributed by atoms with Crippen molar-refractivity contribution in [3.63, 3.8) is 0 Å². The van der Waals surface area contributed by atoms with Crippen molar-refractivity contribution in [1.29, 1.82) is 0 Å². The van der Waals surface area contributed by atoms with Crippen LogP contribution in [0.2, 0.25) is 0 Å². The molecule has 0 heterocycles. The fraction of sp³-hybridized carbons (Fsp3) is 0.647. The van der Waals surface area contributed by atoms with Crippen molar-refractivity contribution in [2.75, 3.05) is 18.6 Å². The summed E-state index contributed by atoms with van der Waals surface area (Å²) in [5.41, 5.74) is 3.91. The quantitative estimate of drug-likeness (QED) is 0.762. The normalized spacial score (nSPS) is 13.3. The molecule has 0 amide bonds. The van der Waals surface area contributed by atoms with Gasteiger partial charge in [-0.3, -0.25) is 0 Å². The number of benzene rings is 1. The van der Waals surface area contributed by atoms with Crippen LogP contribution in [-0.4, -0.2) is 33.0 Å². The molecule has 120 valence electrons. The highest BCUT2D eigenvalue weighted by atomic mass is 32.2. The van der Waals surface area contributed by atoms with E-state index in [-0.39, 0.29) is 5.75 Å². The predicted molar refractivity (Wildman–Crippen MR) is 90.6 cm³/mol. The van der Waals surface area contributed by atoms with E-state index in [0.717, 1.165) is 32.2 Å². The highest BCUT2D eigenvalue weighted by molar-refractivity contribution is 7.90. The molecule has 1 unspecified atom stereocenters. The van der Waals surface area contributed by atoms with Crippen LogP contribution < -0.4 is 5.32 Å². The lowest BCUT2D eigenvalue weighted by atomic mass is 9.98. The van der Waals surface area contributed by atoms with Crippen LogP contribution in [0.15, 0.2) is 18.2 Å². The minimum Gasteiger partial charge on any atom is -0.314 e. The maximum Gasteiger partial charge on any atom is 0.147 e. The molecule has 0 saturated heterocycles. The van der Waals surface area contributed by atoms with E-state index in [1.165, 1.54) is 22.9 Å². The summed E-state index contributed by atoms with van der Waals surface area (Å²) in [6.07, 6.45) is 5.00. The molecular weight excluding hydrogens is 282 g/mol. The number of rotatable bonds is 9. The van der Waals surface area contributed by atoms with Crippen LogP contribution in [-0.2, 0) is 16.3 Å². The van der Waals surface area contributed by atoms with Gasteiger partial charge in [-0.1, -0.05) is 36.2 Å². The number of aryl methyl sites for hydroxylation is 2. The van der Waals surface area contributed by atoms with E-state index in [9.17, 15) is 8.42 Å². The molecule has 0 aliphatic carbocycles. The number of hydrogen-bond donors (Lipinski definition) is 1. The maximum atomic E-state index is 11.3. The monoisotopic (exact) mass is 311 g/mol. The third-order valence-corrected chi connectivity index (χ3v) is 4.54. The zero-order chi connectivity index (χ0) is 15.9. The van der Waals surface area contributed by atoms with Gasteiger partial charge in [0.05, 0.1) is 0 Å². The minimum atomic E-state index is -2.85. The van der Waals surface area contributed by atoms with Crippen molar-refractivity contribution >= 4 is 9.84 Å². The summed E-state index contributed by atoms with van der Waals surface area (Å²) in [4.78, 5) is 0. The number of hydrogen-bond acceptors (Lipinski definition) is 3. The van der Waals surface area contributed by atoms with Crippen LogP contribution in [0, 0.1) is 13.8 Å². The standard InChI is InChI=1S/C17H29NO2S/c1-5-8-18-17(7-6-9-21(4,19)20)13-16-11-14(2)10-15(3)12-16/h10-12,17-18H,5-9,13H2,1-4H3. The molecule has 1 N–H and O–H groups in total. The zero-order valence-electron chi connectivity index (χ0n) is 13.8. The topological polar surface area (TPSA) is 46.2 Å². The Morgan fingerprint density at radius 1 is 1.14 bits per heavy atom. The highest BCUT2D eigenvalue weighted by Gasteiger charge is 2.11. The van der Waals surface area contributed by atoms with Crippen LogP contribution in [0.5, 0.6) is 0 Å². The number of nitrogens with one attached hydrogen (secondary N) is 1. The molecule has 3 nitrogen and oxygen atoms in total. The summed E-state index contributed by atoms with van der Waals surface area (Å²) in [5.74, 6) is 0.282. The molecule has 21 heavy (non-hydrogen) atoms. The molecule has 0 aliphatic heterocycles.